The molecule has 5 unspecified atom stereocenters. The van der Waals surface area contributed by atoms with E-state index in [4.69, 9.17) is 11.5 Å². The number of nitrogens with two attached hydrogens (primary N) is 2. The number of carboxylic acid groups (broad SMARTS) is 1. The van der Waals surface area contributed by atoms with Crippen LogP contribution in [0.15, 0.2) is 0 Å². The molecule has 0 radical (unpaired) electrons. The number of aliphatic hydroxyl groups is 1. The molecule has 0 aliphatic rings. The predicted octanol–water partition coefficient (Wildman–Crippen LogP) is -2.92. The molecule has 4 amide bonds. The SMILES string of the molecule is CC(C)C(NC(=O)C(CCC(N)=O)NC(=O)C(NC(=O)C(N)CS)C(C)O)C(=O)O. The number of carbonyl (C=O) groups is 5. The zero-order valence-corrected chi connectivity index (χ0v) is 18.0. The van der Waals surface area contributed by atoms with Crippen LogP contribution in [0.4, 0.5) is 0 Å². The van der Waals surface area contributed by atoms with E-state index in [1.807, 2.05) is 0 Å². The molecule has 0 aliphatic carbocycles. The summed E-state index contributed by atoms with van der Waals surface area (Å²) >= 11 is 3.88. The molecule has 13 heteroatoms. The summed E-state index contributed by atoms with van der Waals surface area (Å²) in [5.41, 5.74) is 10.6. The molecule has 0 saturated heterocycles. The van der Waals surface area contributed by atoms with Crippen molar-refractivity contribution in [2.45, 2.75) is 63.9 Å². The van der Waals surface area contributed by atoms with E-state index in [1.54, 1.807) is 13.8 Å². The van der Waals surface area contributed by atoms with Crippen molar-refractivity contribution in [1.82, 2.24) is 16.0 Å². The Labute approximate surface area is 179 Å². The lowest BCUT2D eigenvalue weighted by Gasteiger charge is -2.26. The number of carboxylic acids is 1. The summed E-state index contributed by atoms with van der Waals surface area (Å²) in [6.07, 6.45) is -1.83. The summed E-state index contributed by atoms with van der Waals surface area (Å²) in [6, 6.07) is -5.04. The van der Waals surface area contributed by atoms with Crippen LogP contribution in [0.5, 0.6) is 0 Å². The van der Waals surface area contributed by atoms with Crippen LogP contribution in [-0.2, 0) is 24.0 Å². The van der Waals surface area contributed by atoms with Gasteiger partial charge in [0.05, 0.1) is 12.1 Å². The maximum Gasteiger partial charge on any atom is 0.326 e. The lowest BCUT2D eigenvalue weighted by Crippen LogP contribution is -2.60. The Morgan fingerprint density at radius 1 is 0.933 bits per heavy atom. The highest BCUT2D eigenvalue weighted by molar-refractivity contribution is 7.80. The zero-order chi connectivity index (χ0) is 23.6. The molecule has 172 valence electrons. The highest BCUT2D eigenvalue weighted by Gasteiger charge is 2.33. The molecule has 0 fully saturated rings. The largest absolute Gasteiger partial charge is 0.480 e. The molecule has 9 N–H and O–H groups in total. The Kier molecular flexibility index (Phi) is 12.0. The molecule has 0 bridgehead atoms. The van der Waals surface area contributed by atoms with Gasteiger partial charge in [0.2, 0.25) is 23.6 Å². The van der Waals surface area contributed by atoms with Gasteiger partial charge in [-0.3, -0.25) is 19.2 Å². The van der Waals surface area contributed by atoms with Crippen molar-refractivity contribution < 1.29 is 34.2 Å². The number of hydrogen-bond donors (Lipinski definition) is 8. The molecule has 0 aromatic rings. The fourth-order valence-electron chi connectivity index (χ4n) is 2.33. The summed E-state index contributed by atoms with van der Waals surface area (Å²) in [6.45, 7) is 4.41. The van der Waals surface area contributed by atoms with Crippen LogP contribution in [0.2, 0.25) is 0 Å². The van der Waals surface area contributed by atoms with E-state index in [2.05, 4.69) is 28.6 Å². The van der Waals surface area contributed by atoms with Gasteiger partial charge >= 0.3 is 5.97 Å². The average Bonchev–Trinajstić information content (AvgIpc) is 2.64. The molecule has 0 spiro atoms. The number of aliphatic hydroxyl groups excluding tert-OH is 1. The third-order valence-corrected chi connectivity index (χ3v) is 4.53. The van der Waals surface area contributed by atoms with Gasteiger partial charge in [-0.1, -0.05) is 13.8 Å². The molecular weight excluding hydrogens is 418 g/mol. The second-order valence-electron chi connectivity index (χ2n) is 7.15. The van der Waals surface area contributed by atoms with Crippen molar-refractivity contribution in [3.05, 3.63) is 0 Å². The van der Waals surface area contributed by atoms with Crippen LogP contribution in [0, 0.1) is 5.92 Å². The van der Waals surface area contributed by atoms with Gasteiger partial charge in [-0.25, -0.2) is 4.79 Å². The summed E-state index contributed by atoms with van der Waals surface area (Å²) < 4.78 is 0. The number of thiol groups is 1. The van der Waals surface area contributed by atoms with E-state index >= 15 is 0 Å². The number of carbonyl (C=O) groups excluding carboxylic acids is 4. The van der Waals surface area contributed by atoms with Gasteiger partial charge in [-0.2, -0.15) is 12.6 Å². The van der Waals surface area contributed by atoms with Gasteiger partial charge < -0.3 is 37.6 Å². The van der Waals surface area contributed by atoms with Crippen molar-refractivity contribution in [2.24, 2.45) is 17.4 Å². The smallest absolute Gasteiger partial charge is 0.326 e. The second kappa shape index (κ2) is 13.0. The van der Waals surface area contributed by atoms with Crippen LogP contribution >= 0.6 is 12.6 Å². The fourth-order valence-corrected chi connectivity index (χ4v) is 2.50. The molecule has 0 aromatic heterocycles. The zero-order valence-electron chi connectivity index (χ0n) is 17.1. The normalized spacial score (nSPS) is 16.0. The van der Waals surface area contributed by atoms with E-state index in [1.165, 1.54) is 6.92 Å². The molecule has 0 saturated carbocycles. The highest BCUT2D eigenvalue weighted by Crippen LogP contribution is 2.06. The third-order valence-electron chi connectivity index (χ3n) is 4.14. The molecule has 0 aromatic carbocycles. The summed E-state index contributed by atoms with van der Waals surface area (Å²) in [4.78, 5) is 59.5. The molecule has 0 rings (SSSR count). The minimum Gasteiger partial charge on any atom is -0.480 e. The number of nitrogens with one attached hydrogen (secondary N) is 3. The Balaban J connectivity index is 5.47. The Bertz CT molecular complexity index is 644. The van der Waals surface area contributed by atoms with E-state index in [9.17, 15) is 34.2 Å². The van der Waals surface area contributed by atoms with Gasteiger partial charge in [-0.15, -0.1) is 0 Å². The van der Waals surface area contributed by atoms with Crippen LogP contribution in [-0.4, -0.2) is 75.8 Å². The van der Waals surface area contributed by atoms with Crippen LogP contribution < -0.4 is 27.4 Å². The van der Waals surface area contributed by atoms with E-state index in [0.717, 1.165) is 0 Å². The van der Waals surface area contributed by atoms with Gasteiger partial charge in [0, 0.05) is 12.2 Å². The standard InChI is InChI=1S/C17H31N5O7S/c1-7(2)12(17(28)29)21-15(26)10(4-5-11(19)24)20-16(27)13(8(3)23)22-14(25)9(18)6-30/h7-10,12-13,23,30H,4-6,18H2,1-3H3,(H2,19,24)(H,20,27)(H,21,26)(H,22,25)(H,28,29). The topological polar surface area (TPSA) is 214 Å². The first-order valence-electron chi connectivity index (χ1n) is 9.28. The molecule has 30 heavy (non-hydrogen) atoms. The van der Waals surface area contributed by atoms with Crippen LogP contribution in [0.3, 0.4) is 0 Å². The summed E-state index contributed by atoms with van der Waals surface area (Å²) in [7, 11) is 0. The number of hydrogen-bond acceptors (Lipinski definition) is 8. The minimum absolute atomic E-state index is 0.00456. The van der Waals surface area contributed by atoms with Crippen molar-refractivity contribution in [2.75, 3.05) is 5.75 Å². The van der Waals surface area contributed by atoms with Gasteiger partial charge in [0.15, 0.2) is 0 Å². The van der Waals surface area contributed by atoms with E-state index in [0.29, 0.717) is 0 Å². The monoisotopic (exact) mass is 449 g/mol. The average molecular weight is 450 g/mol. The molecule has 0 heterocycles. The number of primary amides is 1. The van der Waals surface area contributed by atoms with Gasteiger partial charge in [0.1, 0.15) is 18.1 Å². The Morgan fingerprint density at radius 3 is 1.87 bits per heavy atom. The number of aliphatic carboxylic acids is 1. The molecular formula is C17H31N5O7S. The molecule has 12 nitrogen and oxygen atoms in total. The minimum atomic E-state index is -1.45. The van der Waals surface area contributed by atoms with Crippen LogP contribution in [0.1, 0.15) is 33.6 Å². The maximum atomic E-state index is 12.6. The first kappa shape index (κ1) is 27.6. The van der Waals surface area contributed by atoms with Crippen LogP contribution in [0.25, 0.3) is 0 Å². The lowest BCUT2D eigenvalue weighted by atomic mass is 10.0. The van der Waals surface area contributed by atoms with Crippen molar-refractivity contribution in [3.63, 3.8) is 0 Å². The second-order valence-corrected chi connectivity index (χ2v) is 7.52. The summed E-state index contributed by atoms with van der Waals surface area (Å²) in [5, 5.41) is 26.0. The predicted molar refractivity (Wildman–Crippen MR) is 110 cm³/mol. The quantitative estimate of drug-likeness (QED) is 0.136. The van der Waals surface area contributed by atoms with Crippen molar-refractivity contribution >= 4 is 42.2 Å². The third kappa shape index (κ3) is 9.41. The Hall–Kier alpha value is -2.38. The highest BCUT2D eigenvalue weighted by atomic mass is 32.1. The van der Waals surface area contributed by atoms with E-state index in [-0.39, 0.29) is 18.6 Å². The number of amides is 4. The number of rotatable bonds is 13. The Morgan fingerprint density at radius 2 is 1.47 bits per heavy atom. The first-order valence-corrected chi connectivity index (χ1v) is 9.91. The maximum absolute atomic E-state index is 12.6. The first-order chi connectivity index (χ1) is 13.8. The van der Waals surface area contributed by atoms with Gasteiger partial charge in [-0.05, 0) is 19.3 Å². The van der Waals surface area contributed by atoms with Crippen molar-refractivity contribution in [1.29, 1.82) is 0 Å². The lowest BCUT2D eigenvalue weighted by molar-refractivity contribution is -0.143. The molecule has 0 aliphatic heterocycles. The summed E-state index contributed by atoms with van der Waals surface area (Å²) in [5.74, 6) is -4.98. The van der Waals surface area contributed by atoms with Crippen molar-refractivity contribution in [3.8, 4) is 0 Å². The van der Waals surface area contributed by atoms with Gasteiger partial charge in [0.25, 0.3) is 0 Å². The fraction of sp³-hybridized carbons (Fsp3) is 0.706. The van der Waals surface area contributed by atoms with E-state index < -0.39 is 65.8 Å². The molecule has 5 atom stereocenters.